The Morgan fingerprint density at radius 2 is 1.71 bits per heavy atom. The third-order valence-electron chi connectivity index (χ3n) is 6.73. The van der Waals surface area contributed by atoms with Gasteiger partial charge in [0.15, 0.2) is 0 Å². The smallest absolute Gasteiger partial charge is 0.254 e. The molecular formula is C26H33ClF2N8O. The molecule has 0 saturated carbocycles. The number of anilines is 3. The van der Waals surface area contributed by atoms with E-state index in [1.54, 1.807) is 10.7 Å². The van der Waals surface area contributed by atoms with E-state index < -0.39 is 11.6 Å². The Morgan fingerprint density at radius 3 is 2.34 bits per heavy atom. The Morgan fingerprint density at radius 1 is 1.03 bits per heavy atom. The van der Waals surface area contributed by atoms with Crippen molar-refractivity contribution in [3.05, 3.63) is 59.4 Å². The third kappa shape index (κ3) is 6.06. The third-order valence-corrected chi connectivity index (χ3v) is 6.73. The summed E-state index contributed by atoms with van der Waals surface area (Å²) < 4.78 is 28.9. The van der Waals surface area contributed by atoms with Gasteiger partial charge in [0.2, 0.25) is 0 Å². The van der Waals surface area contributed by atoms with E-state index in [1.807, 2.05) is 16.0 Å². The van der Waals surface area contributed by atoms with Crippen molar-refractivity contribution in [2.45, 2.75) is 25.9 Å². The van der Waals surface area contributed by atoms with E-state index in [0.29, 0.717) is 49.5 Å². The molecule has 0 unspecified atom stereocenters. The molecule has 0 amide bonds. The number of hydrogen-bond donors (Lipinski definition) is 2. The Labute approximate surface area is 227 Å². The number of halogens is 3. The predicted molar refractivity (Wildman–Crippen MR) is 147 cm³/mol. The number of nitrogens with zero attached hydrogens (tertiary/aromatic N) is 7. The minimum atomic E-state index is -0.555. The SMILES string of the molecule is CC(C)c1c(/C=C/CN2CCN(c3cc(F)cc(F)c3)CC2)cnn1-c1nc(N)cc(N2CC(O)C2)n1.Cl. The number of hydrogen-bond acceptors (Lipinski definition) is 8. The van der Waals surface area contributed by atoms with E-state index >= 15 is 0 Å². The van der Waals surface area contributed by atoms with Crippen LogP contribution in [-0.4, -0.2) is 81.7 Å². The molecule has 12 heteroatoms. The number of aliphatic hydroxyl groups excluding tert-OH is 1. The lowest BCUT2D eigenvalue weighted by Gasteiger charge is -2.36. The van der Waals surface area contributed by atoms with Crippen LogP contribution in [0.15, 0.2) is 36.5 Å². The number of β-amino-alcohol motifs (C(OH)–C–C–N with tert-alkyl or cyclic N) is 1. The summed E-state index contributed by atoms with van der Waals surface area (Å²) in [5.41, 5.74) is 8.61. The average Bonchev–Trinajstić information content (AvgIpc) is 3.26. The van der Waals surface area contributed by atoms with Gasteiger partial charge in [-0.2, -0.15) is 15.1 Å². The van der Waals surface area contributed by atoms with Gasteiger partial charge in [0, 0.05) is 69.2 Å². The van der Waals surface area contributed by atoms with Gasteiger partial charge in [-0.25, -0.2) is 13.5 Å². The first kappa shape index (κ1) is 27.7. The van der Waals surface area contributed by atoms with Crippen LogP contribution >= 0.6 is 12.4 Å². The molecule has 2 saturated heterocycles. The monoisotopic (exact) mass is 546 g/mol. The summed E-state index contributed by atoms with van der Waals surface area (Å²) in [4.78, 5) is 15.3. The second-order valence-electron chi connectivity index (χ2n) is 9.88. The fraction of sp³-hybridized carbons (Fsp3) is 0.423. The fourth-order valence-corrected chi connectivity index (χ4v) is 4.81. The van der Waals surface area contributed by atoms with E-state index in [9.17, 15) is 13.9 Å². The molecule has 0 spiro atoms. The summed E-state index contributed by atoms with van der Waals surface area (Å²) in [6, 6.07) is 5.36. The van der Waals surface area contributed by atoms with Crippen molar-refractivity contribution in [2.75, 3.05) is 61.3 Å². The maximum absolute atomic E-state index is 13.6. The van der Waals surface area contributed by atoms with Gasteiger partial charge in [0.05, 0.1) is 18.0 Å². The molecule has 0 radical (unpaired) electrons. The molecule has 0 bridgehead atoms. The second-order valence-corrected chi connectivity index (χ2v) is 9.88. The van der Waals surface area contributed by atoms with E-state index in [0.717, 1.165) is 37.0 Å². The summed E-state index contributed by atoms with van der Waals surface area (Å²) in [6.07, 6.45) is 5.63. The minimum Gasteiger partial charge on any atom is -0.389 e. The summed E-state index contributed by atoms with van der Waals surface area (Å²) in [6.45, 7) is 8.99. The Balaban J connectivity index is 0.00000336. The molecule has 2 aliphatic heterocycles. The number of aromatic nitrogens is 4. The molecule has 0 atom stereocenters. The van der Waals surface area contributed by atoms with Crippen LogP contribution in [0.4, 0.5) is 26.1 Å². The lowest BCUT2D eigenvalue weighted by Crippen LogP contribution is -2.51. The van der Waals surface area contributed by atoms with Gasteiger partial charge in [-0.15, -0.1) is 12.4 Å². The summed E-state index contributed by atoms with van der Waals surface area (Å²) in [7, 11) is 0. The van der Waals surface area contributed by atoms with Crippen LogP contribution in [0.25, 0.3) is 12.0 Å². The van der Waals surface area contributed by atoms with Crippen LogP contribution in [0.3, 0.4) is 0 Å². The summed E-state index contributed by atoms with van der Waals surface area (Å²) in [5, 5.41) is 14.2. The molecule has 4 heterocycles. The minimum absolute atomic E-state index is 0. The van der Waals surface area contributed by atoms with Gasteiger partial charge in [-0.3, -0.25) is 4.90 Å². The van der Waals surface area contributed by atoms with Gasteiger partial charge < -0.3 is 20.6 Å². The fourth-order valence-electron chi connectivity index (χ4n) is 4.81. The zero-order valence-electron chi connectivity index (χ0n) is 21.5. The van der Waals surface area contributed by atoms with Gasteiger partial charge in [-0.1, -0.05) is 26.0 Å². The first-order chi connectivity index (χ1) is 17.8. The number of rotatable bonds is 7. The van der Waals surface area contributed by atoms with Crippen molar-refractivity contribution >= 4 is 35.8 Å². The first-order valence-corrected chi connectivity index (χ1v) is 12.5. The maximum Gasteiger partial charge on any atom is 0.254 e. The van der Waals surface area contributed by atoms with Crippen molar-refractivity contribution in [3.63, 3.8) is 0 Å². The second kappa shape index (κ2) is 11.6. The number of benzene rings is 1. The Bertz CT molecular complexity index is 1270. The molecule has 2 fully saturated rings. The Kier molecular flexibility index (Phi) is 8.49. The molecular weight excluding hydrogens is 514 g/mol. The average molecular weight is 547 g/mol. The van der Waals surface area contributed by atoms with E-state index in [-0.39, 0.29) is 24.4 Å². The lowest BCUT2D eigenvalue weighted by molar-refractivity contribution is 0.141. The van der Waals surface area contributed by atoms with Crippen molar-refractivity contribution < 1.29 is 13.9 Å². The number of piperazine rings is 1. The van der Waals surface area contributed by atoms with Crippen LogP contribution in [0.1, 0.15) is 31.0 Å². The van der Waals surface area contributed by atoms with Gasteiger partial charge >= 0.3 is 0 Å². The molecule has 5 rings (SSSR count). The molecule has 204 valence electrons. The van der Waals surface area contributed by atoms with Gasteiger partial charge in [0.1, 0.15) is 23.3 Å². The molecule has 2 aromatic heterocycles. The molecule has 1 aromatic carbocycles. The topological polar surface area (TPSA) is 99.6 Å². The van der Waals surface area contributed by atoms with Crippen LogP contribution in [0.5, 0.6) is 0 Å². The highest BCUT2D eigenvalue weighted by Gasteiger charge is 2.27. The molecule has 3 aromatic rings. The number of nitrogens with two attached hydrogens (primary N) is 1. The standard InChI is InChI=1S/C26H32F2N8O.ClH/c1-17(2)25-18(14-30-36(25)26-31-23(29)13-24(32-26)35-15-22(37)16-35)4-3-5-33-6-8-34(9-7-33)21-11-19(27)10-20(28)12-21;/h3-4,10-14,17,22,37H,5-9,15-16H2,1-2H3,(H2,29,31,32);1H/b4-3+;. The van der Waals surface area contributed by atoms with E-state index in [4.69, 9.17) is 5.73 Å². The van der Waals surface area contributed by atoms with Crippen LogP contribution in [0, 0.1) is 11.6 Å². The molecule has 3 N–H and O–H groups in total. The van der Waals surface area contributed by atoms with Crippen molar-refractivity contribution in [1.82, 2.24) is 24.6 Å². The van der Waals surface area contributed by atoms with Crippen molar-refractivity contribution in [3.8, 4) is 5.95 Å². The van der Waals surface area contributed by atoms with E-state index in [1.165, 1.54) is 12.1 Å². The maximum atomic E-state index is 13.6. The zero-order chi connectivity index (χ0) is 26.1. The van der Waals surface area contributed by atoms with Crippen molar-refractivity contribution in [1.29, 1.82) is 0 Å². The highest BCUT2D eigenvalue weighted by Crippen LogP contribution is 2.26. The summed E-state index contributed by atoms with van der Waals surface area (Å²) in [5.74, 6) is 0.488. The normalized spacial score (nSPS) is 16.8. The van der Waals surface area contributed by atoms with E-state index in [2.05, 4.69) is 46.0 Å². The molecule has 2 aliphatic rings. The van der Waals surface area contributed by atoms with Crippen molar-refractivity contribution in [2.24, 2.45) is 0 Å². The van der Waals surface area contributed by atoms with Crippen LogP contribution < -0.4 is 15.5 Å². The predicted octanol–water partition coefficient (Wildman–Crippen LogP) is 3.08. The number of aliphatic hydroxyl groups is 1. The van der Waals surface area contributed by atoms with Gasteiger partial charge in [0.25, 0.3) is 5.95 Å². The molecule has 38 heavy (non-hydrogen) atoms. The largest absolute Gasteiger partial charge is 0.389 e. The first-order valence-electron chi connectivity index (χ1n) is 12.5. The molecule has 9 nitrogen and oxygen atoms in total. The summed E-state index contributed by atoms with van der Waals surface area (Å²) >= 11 is 0. The van der Waals surface area contributed by atoms with Gasteiger partial charge in [-0.05, 0) is 18.1 Å². The zero-order valence-corrected chi connectivity index (χ0v) is 22.3. The lowest BCUT2D eigenvalue weighted by atomic mass is 10.1. The number of nitrogen functional groups attached to an aromatic ring is 1. The van der Waals surface area contributed by atoms with Crippen LogP contribution in [-0.2, 0) is 0 Å². The quantitative estimate of drug-likeness (QED) is 0.466. The highest BCUT2D eigenvalue weighted by atomic mass is 35.5. The molecule has 0 aliphatic carbocycles. The highest BCUT2D eigenvalue weighted by molar-refractivity contribution is 5.85. The van der Waals surface area contributed by atoms with Crippen LogP contribution in [0.2, 0.25) is 0 Å². The Hall–Kier alpha value is -3.28.